The second-order valence-electron chi connectivity index (χ2n) is 6.98. The predicted octanol–water partition coefficient (Wildman–Crippen LogP) is 4.01. The van der Waals surface area contributed by atoms with Gasteiger partial charge >= 0.3 is 0 Å². The van der Waals surface area contributed by atoms with E-state index in [1.54, 1.807) is 42.5 Å². The number of benzene rings is 3. The van der Waals surface area contributed by atoms with Crippen molar-refractivity contribution >= 4 is 39.1 Å². The average Bonchev–Trinajstić information content (AvgIpc) is 2.83. The number of anilines is 2. The van der Waals surface area contributed by atoms with Gasteiger partial charge < -0.3 is 14.8 Å². The molecule has 0 radical (unpaired) electrons. The molecule has 4 rings (SSSR count). The maximum absolute atomic E-state index is 13.5. The van der Waals surface area contributed by atoms with Gasteiger partial charge in [-0.05, 0) is 54.8 Å². The second-order valence-corrected chi connectivity index (χ2v) is 9.69. The zero-order valence-electron chi connectivity index (χ0n) is 17.5. The number of carbonyl (C=O) groups excluding carboxylic acids is 1. The predicted molar refractivity (Wildman–Crippen MR) is 125 cm³/mol. The summed E-state index contributed by atoms with van der Waals surface area (Å²) >= 11 is 1.51. The SMILES string of the molecule is COc1ccc(S(=O)(=O)N2C[C@@H](C(=O)Nc3ccccc3SC)Oc3ccccc32)cc1. The first-order chi connectivity index (χ1) is 15.4. The van der Waals surface area contributed by atoms with Crippen LogP contribution in [0.5, 0.6) is 11.5 Å². The fraction of sp³-hybridized carbons (Fsp3) is 0.174. The van der Waals surface area contributed by atoms with Crippen LogP contribution in [0.2, 0.25) is 0 Å². The lowest BCUT2D eigenvalue weighted by Crippen LogP contribution is -2.48. The normalized spacial score (nSPS) is 15.4. The van der Waals surface area contributed by atoms with E-state index in [0.29, 0.717) is 22.9 Å². The van der Waals surface area contributed by atoms with Gasteiger partial charge in [0, 0.05) is 4.90 Å². The first-order valence-corrected chi connectivity index (χ1v) is 12.5. The van der Waals surface area contributed by atoms with E-state index in [9.17, 15) is 13.2 Å². The Bertz CT molecular complexity index is 1230. The van der Waals surface area contributed by atoms with E-state index < -0.39 is 22.0 Å². The number of hydrogen-bond donors (Lipinski definition) is 1. The van der Waals surface area contributed by atoms with Gasteiger partial charge in [-0.2, -0.15) is 0 Å². The molecule has 0 unspecified atom stereocenters. The minimum Gasteiger partial charge on any atom is -0.497 e. The lowest BCUT2D eigenvalue weighted by atomic mass is 10.2. The van der Waals surface area contributed by atoms with E-state index in [0.717, 1.165) is 4.90 Å². The van der Waals surface area contributed by atoms with Gasteiger partial charge in [-0.25, -0.2) is 8.42 Å². The summed E-state index contributed by atoms with van der Waals surface area (Å²) < 4.78 is 39.2. The maximum atomic E-state index is 13.5. The number of carbonyl (C=O) groups is 1. The molecule has 0 aromatic heterocycles. The standard InChI is InChI=1S/C23H22N2O5S2/c1-29-16-11-13-17(14-12-16)32(27,28)25-15-21(30-20-9-5-4-8-19(20)25)23(26)24-18-7-3-6-10-22(18)31-2/h3-14,21H,15H2,1-2H3,(H,24,26)/t21-/m0/s1. The van der Waals surface area contributed by atoms with Crippen molar-refractivity contribution in [1.82, 2.24) is 0 Å². The van der Waals surface area contributed by atoms with Gasteiger partial charge in [0.05, 0.1) is 29.9 Å². The van der Waals surface area contributed by atoms with Crippen molar-refractivity contribution < 1.29 is 22.7 Å². The highest BCUT2D eigenvalue weighted by Gasteiger charge is 2.37. The molecule has 1 N–H and O–H groups in total. The first-order valence-electron chi connectivity index (χ1n) is 9.80. The summed E-state index contributed by atoms with van der Waals surface area (Å²) in [5.41, 5.74) is 1.04. The molecule has 166 valence electrons. The number of ether oxygens (including phenoxy) is 2. The summed E-state index contributed by atoms with van der Waals surface area (Å²) in [5.74, 6) is 0.459. The highest BCUT2D eigenvalue weighted by molar-refractivity contribution is 7.98. The molecule has 0 saturated carbocycles. The number of rotatable bonds is 6. The summed E-state index contributed by atoms with van der Waals surface area (Å²) in [7, 11) is -2.42. The molecule has 7 nitrogen and oxygen atoms in total. The second kappa shape index (κ2) is 9.13. The molecule has 1 heterocycles. The molecule has 0 aliphatic carbocycles. The van der Waals surface area contributed by atoms with Crippen molar-refractivity contribution in [1.29, 1.82) is 0 Å². The van der Waals surface area contributed by atoms with Crippen LogP contribution in [-0.2, 0) is 14.8 Å². The molecule has 1 aliphatic heterocycles. The number of nitrogens with one attached hydrogen (secondary N) is 1. The highest BCUT2D eigenvalue weighted by Crippen LogP contribution is 2.37. The molecular weight excluding hydrogens is 448 g/mol. The summed E-state index contributed by atoms with van der Waals surface area (Å²) in [6.45, 7) is -0.154. The molecule has 1 aliphatic rings. The largest absolute Gasteiger partial charge is 0.497 e. The molecule has 0 spiro atoms. The van der Waals surface area contributed by atoms with Crippen LogP contribution in [0.1, 0.15) is 0 Å². The maximum Gasteiger partial charge on any atom is 0.267 e. The highest BCUT2D eigenvalue weighted by atomic mass is 32.2. The number of amides is 1. The zero-order chi connectivity index (χ0) is 22.7. The average molecular weight is 471 g/mol. The van der Waals surface area contributed by atoms with Crippen molar-refractivity contribution in [3.05, 3.63) is 72.8 Å². The quantitative estimate of drug-likeness (QED) is 0.548. The Hall–Kier alpha value is -3.17. The van der Waals surface area contributed by atoms with E-state index >= 15 is 0 Å². The monoisotopic (exact) mass is 470 g/mol. The Morgan fingerprint density at radius 1 is 1.06 bits per heavy atom. The third kappa shape index (κ3) is 4.26. The third-order valence-corrected chi connectivity index (χ3v) is 7.63. The summed E-state index contributed by atoms with van der Waals surface area (Å²) in [4.78, 5) is 14.1. The van der Waals surface area contributed by atoms with Crippen molar-refractivity contribution in [2.75, 3.05) is 29.5 Å². The lowest BCUT2D eigenvalue weighted by Gasteiger charge is -2.34. The Balaban J connectivity index is 1.66. The van der Waals surface area contributed by atoms with Gasteiger partial charge in [0.2, 0.25) is 0 Å². The van der Waals surface area contributed by atoms with E-state index in [1.807, 2.05) is 24.5 Å². The van der Waals surface area contributed by atoms with Gasteiger partial charge in [-0.3, -0.25) is 9.10 Å². The Kier molecular flexibility index (Phi) is 6.29. The van der Waals surface area contributed by atoms with Crippen molar-refractivity contribution in [3.8, 4) is 11.5 Å². The van der Waals surface area contributed by atoms with Crippen LogP contribution >= 0.6 is 11.8 Å². The van der Waals surface area contributed by atoms with Gasteiger partial charge in [-0.15, -0.1) is 11.8 Å². The van der Waals surface area contributed by atoms with Crippen molar-refractivity contribution in [2.24, 2.45) is 0 Å². The van der Waals surface area contributed by atoms with E-state index in [-0.39, 0.29) is 11.4 Å². The van der Waals surface area contributed by atoms with Gasteiger partial charge in [0.25, 0.3) is 15.9 Å². The van der Waals surface area contributed by atoms with Crippen LogP contribution in [0.25, 0.3) is 0 Å². The molecule has 0 bridgehead atoms. The molecule has 3 aromatic carbocycles. The van der Waals surface area contributed by atoms with Crippen LogP contribution in [-0.4, -0.2) is 40.3 Å². The van der Waals surface area contributed by atoms with E-state index in [2.05, 4.69) is 5.32 Å². The summed E-state index contributed by atoms with van der Waals surface area (Å²) in [6, 6.07) is 20.3. The third-order valence-electron chi connectivity index (χ3n) is 5.04. The molecule has 3 aromatic rings. The summed E-state index contributed by atoms with van der Waals surface area (Å²) in [5, 5.41) is 2.87. The minimum atomic E-state index is -3.94. The number of nitrogens with zero attached hydrogens (tertiary/aromatic N) is 1. The number of thioether (sulfide) groups is 1. The number of methoxy groups -OCH3 is 1. The minimum absolute atomic E-state index is 0.0990. The van der Waals surface area contributed by atoms with Crippen molar-refractivity contribution in [2.45, 2.75) is 15.9 Å². The fourth-order valence-corrected chi connectivity index (χ4v) is 5.43. The fourth-order valence-electron chi connectivity index (χ4n) is 3.40. The molecule has 0 saturated heterocycles. The number of sulfonamides is 1. The topological polar surface area (TPSA) is 84.9 Å². The van der Waals surface area contributed by atoms with E-state index in [1.165, 1.54) is 35.3 Å². The molecule has 32 heavy (non-hydrogen) atoms. The lowest BCUT2D eigenvalue weighted by molar-refractivity contribution is -0.122. The molecule has 1 atom stereocenters. The summed E-state index contributed by atoms with van der Waals surface area (Å²) in [6.07, 6.45) is 0.898. The number of fused-ring (bicyclic) bond motifs is 1. The van der Waals surface area contributed by atoms with Crippen LogP contribution < -0.4 is 19.1 Å². The van der Waals surface area contributed by atoms with Gasteiger partial charge in [0.1, 0.15) is 11.5 Å². The molecular formula is C23H22N2O5S2. The van der Waals surface area contributed by atoms with Crippen LogP contribution in [0.4, 0.5) is 11.4 Å². The molecule has 1 amide bonds. The van der Waals surface area contributed by atoms with E-state index in [4.69, 9.17) is 9.47 Å². The smallest absolute Gasteiger partial charge is 0.267 e. The van der Waals surface area contributed by atoms with Crippen molar-refractivity contribution in [3.63, 3.8) is 0 Å². The molecule has 0 fully saturated rings. The van der Waals surface area contributed by atoms with Gasteiger partial charge in [0.15, 0.2) is 6.10 Å². The van der Waals surface area contributed by atoms with Crippen LogP contribution in [0.3, 0.4) is 0 Å². The first kappa shape index (κ1) is 22.0. The van der Waals surface area contributed by atoms with Gasteiger partial charge in [-0.1, -0.05) is 24.3 Å². The Morgan fingerprint density at radius 3 is 2.47 bits per heavy atom. The van der Waals surface area contributed by atoms with Crippen LogP contribution in [0, 0.1) is 0 Å². The molecule has 9 heteroatoms. The Labute approximate surface area is 191 Å². The number of para-hydroxylation sites is 3. The Morgan fingerprint density at radius 2 is 1.75 bits per heavy atom. The zero-order valence-corrected chi connectivity index (χ0v) is 19.2. The van der Waals surface area contributed by atoms with Crippen LogP contribution in [0.15, 0.2) is 82.6 Å². The number of hydrogen-bond acceptors (Lipinski definition) is 6.